The number of benzene rings is 1. The van der Waals surface area contributed by atoms with Crippen LogP contribution in [0.25, 0.3) is 0 Å². The summed E-state index contributed by atoms with van der Waals surface area (Å²) in [6.45, 7) is 6.31. The summed E-state index contributed by atoms with van der Waals surface area (Å²) in [4.78, 5) is 37.2. The van der Waals surface area contributed by atoms with Gasteiger partial charge in [-0.1, -0.05) is 13.8 Å². The van der Waals surface area contributed by atoms with E-state index in [1.165, 1.54) is 13.3 Å². The summed E-state index contributed by atoms with van der Waals surface area (Å²) in [5.41, 5.74) is 2.78. The van der Waals surface area contributed by atoms with Crippen molar-refractivity contribution < 1.29 is 28.6 Å². The molecular weight excluding hydrogens is 392 g/mol. The molecule has 1 aromatic rings. The van der Waals surface area contributed by atoms with Gasteiger partial charge in [0, 0.05) is 19.6 Å². The first-order chi connectivity index (χ1) is 14.4. The Morgan fingerprint density at radius 2 is 1.93 bits per heavy atom. The number of morpholine rings is 1. The average molecular weight is 420 g/mol. The van der Waals surface area contributed by atoms with E-state index in [4.69, 9.17) is 14.2 Å². The molecule has 1 fully saturated rings. The fraction of sp³-hybridized carbons (Fsp3) is 0.500. The van der Waals surface area contributed by atoms with Crippen LogP contribution in [0, 0.1) is 5.92 Å². The minimum absolute atomic E-state index is 0.106. The number of hydrazone groups is 1. The second-order valence-electron chi connectivity index (χ2n) is 7.00. The van der Waals surface area contributed by atoms with Crippen molar-refractivity contribution in [2.45, 2.75) is 13.8 Å². The van der Waals surface area contributed by atoms with Crippen LogP contribution in [0.15, 0.2) is 23.3 Å². The molecule has 1 aliphatic rings. The van der Waals surface area contributed by atoms with Crippen molar-refractivity contribution in [3.05, 3.63) is 23.8 Å². The van der Waals surface area contributed by atoms with Crippen LogP contribution in [0.3, 0.4) is 0 Å². The maximum Gasteiger partial charge on any atom is 0.329 e. The monoisotopic (exact) mass is 420 g/mol. The van der Waals surface area contributed by atoms with Crippen molar-refractivity contribution in [1.29, 1.82) is 0 Å². The zero-order valence-electron chi connectivity index (χ0n) is 17.5. The molecule has 3 amide bonds. The summed E-state index contributed by atoms with van der Waals surface area (Å²) in [6.07, 6.45) is 1.37. The predicted octanol–water partition coefficient (Wildman–Crippen LogP) is 0.155. The molecule has 0 aromatic heterocycles. The van der Waals surface area contributed by atoms with Gasteiger partial charge in [-0.15, -0.1) is 0 Å². The third kappa shape index (κ3) is 7.36. The zero-order chi connectivity index (χ0) is 21.9. The highest BCUT2D eigenvalue weighted by Gasteiger charge is 2.18. The number of nitrogens with one attached hydrogen (secondary N) is 2. The fourth-order valence-electron chi connectivity index (χ4n) is 2.52. The lowest BCUT2D eigenvalue weighted by Gasteiger charge is -2.26. The molecule has 164 valence electrons. The summed E-state index contributed by atoms with van der Waals surface area (Å²) >= 11 is 0. The first-order valence-electron chi connectivity index (χ1n) is 9.68. The quantitative estimate of drug-likeness (QED) is 0.351. The fourth-order valence-corrected chi connectivity index (χ4v) is 2.52. The Labute approximate surface area is 175 Å². The maximum absolute atomic E-state index is 12.2. The van der Waals surface area contributed by atoms with E-state index in [-0.39, 0.29) is 18.4 Å². The van der Waals surface area contributed by atoms with Gasteiger partial charge in [-0.2, -0.15) is 5.10 Å². The summed E-state index contributed by atoms with van der Waals surface area (Å²) in [5, 5.41) is 6.28. The van der Waals surface area contributed by atoms with Gasteiger partial charge >= 0.3 is 11.8 Å². The zero-order valence-corrected chi connectivity index (χ0v) is 17.5. The number of ether oxygens (including phenoxy) is 3. The van der Waals surface area contributed by atoms with Crippen LogP contribution in [0.4, 0.5) is 0 Å². The average Bonchev–Trinajstić information content (AvgIpc) is 2.76. The standard InChI is InChI=1S/C20H28N4O6/c1-14(2)11-21-19(26)20(27)23-22-12-15-4-5-16(17(10-15)28-3)30-13-18(25)24-6-8-29-9-7-24/h4-5,10,12,14H,6-9,11,13H2,1-3H3,(H,21,26)(H,23,27)/b22-12-. The highest BCUT2D eigenvalue weighted by atomic mass is 16.5. The Balaban J connectivity index is 1.88. The molecule has 0 saturated carbocycles. The third-order valence-corrected chi connectivity index (χ3v) is 4.16. The molecular formula is C20H28N4O6. The molecule has 1 saturated heterocycles. The Hall–Kier alpha value is -3.14. The van der Waals surface area contributed by atoms with Crippen LogP contribution < -0.4 is 20.2 Å². The number of carbonyl (C=O) groups excluding carboxylic acids is 3. The first kappa shape index (κ1) is 23.1. The molecule has 1 aromatic carbocycles. The van der Waals surface area contributed by atoms with Crippen LogP contribution in [0.5, 0.6) is 11.5 Å². The number of carbonyl (C=O) groups is 3. The summed E-state index contributed by atoms with van der Waals surface area (Å²) in [6, 6.07) is 4.97. The van der Waals surface area contributed by atoms with E-state index < -0.39 is 11.8 Å². The largest absolute Gasteiger partial charge is 0.493 e. The van der Waals surface area contributed by atoms with E-state index in [1.54, 1.807) is 23.1 Å². The van der Waals surface area contributed by atoms with Crippen LogP contribution in [-0.4, -0.2) is 75.4 Å². The van der Waals surface area contributed by atoms with E-state index >= 15 is 0 Å². The molecule has 0 unspecified atom stereocenters. The Kier molecular flexibility index (Phi) is 9.07. The molecule has 2 rings (SSSR count). The topological polar surface area (TPSA) is 119 Å². The number of rotatable bonds is 8. The molecule has 30 heavy (non-hydrogen) atoms. The van der Waals surface area contributed by atoms with E-state index in [2.05, 4.69) is 15.8 Å². The molecule has 0 atom stereocenters. The third-order valence-electron chi connectivity index (χ3n) is 4.16. The van der Waals surface area contributed by atoms with Crippen molar-refractivity contribution in [2.24, 2.45) is 11.0 Å². The van der Waals surface area contributed by atoms with Gasteiger partial charge in [0.2, 0.25) is 0 Å². The molecule has 0 spiro atoms. The van der Waals surface area contributed by atoms with Crippen molar-refractivity contribution in [3.63, 3.8) is 0 Å². The van der Waals surface area contributed by atoms with Crippen LogP contribution in [0.1, 0.15) is 19.4 Å². The highest BCUT2D eigenvalue weighted by Crippen LogP contribution is 2.27. The summed E-state index contributed by atoms with van der Waals surface area (Å²) in [5.74, 6) is -0.650. The van der Waals surface area contributed by atoms with Gasteiger partial charge in [-0.05, 0) is 29.7 Å². The SMILES string of the molecule is COc1cc(/C=N\NC(=O)C(=O)NCC(C)C)ccc1OCC(=O)N1CCOCC1. The van der Waals surface area contributed by atoms with Gasteiger partial charge in [-0.25, -0.2) is 5.43 Å². The molecule has 0 aliphatic carbocycles. The van der Waals surface area contributed by atoms with E-state index in [0.29, 0.717) is 49.9 Å². The minimum Gasteiger partial charge on any atom is -0.493 e. The van der Waals surface area contributed by atoms with Crippen molar-refractivity contribution in [3.8, 4) is 11.5 Å². The normalized spacial score (nSPS) is 13.9. The minimum atomic E-state index is -0.847. The number of amides is 3. The molecule has 0 bridgehead atoms. The lowest BCUT2D eigenvalue weighted by Crippen LogP contribution is -2.43. The Bertz CT molecular complexity index is 775. The predicted molar refractivity (Wildman–Crippen MR) is 109 cm³/mol. The lowest BCUT2D eigenvalue weighted by atomic mass is 10.2. The smallest absolute Gasteiger partial charge is 0.329 e. The van der Waals surface area contributed by atoms with Gasteiger partial charge in [0.25, 0.3) is 5.91 Å². The van der Waals surface area contributed by atoms with Gasteiger partial charge in [0.1, 0.15) is 0 Å². The van der Waals surface area contributed by atoms with E-state index in [1.807, 2.05) is 13.8 Å². The van der Waals surface area contributed by atoms with Gasteiger partial charge in [0.15, 0.2) is 18.1 Å². The molecule has 10 heteroatoms. The molecule has 1 heterocycles. The van der Waals surface area contributed by atoms with Gasteiger partial charge in [-0.3, -0.25) is 14.4 Å². The maximum atomic E-state index is 12.2. The molecule has 10 nitrogen and oxygen atoms in total. The van der Waals surface area contributed by atoms with Crippen molar-refractivity contribution >= 4 is 23.9 Å². The summed E-state index contributed by atoms with van der Waals surface area (Å²) in [7, 11) is 1.48. The second-order valence-corrected chi connectivity index (χ2v) is 7.00. The van der Waals surface area contributed by atoms with Crippen LogP contribution >= 0.6 is 0 Å². The van der Waals surface area contributed by atoms with Crippen LogP contribution in [0.2, 0.25) is 0 Å². The van der Waals surface area contributed by atoms with E-state index in [9.17, 15) is 14.4 Å². The number of hydrogen-bond donors (Lipinski definition) is 2. The van der Waals surface area contributed by atoms with Crippen molar-refractivity contribution in [1.82, 2.24) is 15.6 Å². The van der Waals surface area contributed by atoms with Crippen LogP contribution in [-0.2, 0) is 19.1 Å². The highest BCUT2D eigenvalue weighted by molar-refractivity contribution is 6.35. The van der Waals surface area contributed by atoms with Gasteiger partial charge < -0.3 is 24.4 Å². The number of methoxy groups -OCH3 is 1. The number of nitrogens with zero attached hydrogens (tertiary/aromatic N) is 2. The lowest BCUT2D eigenvalue weighted by molar-refractivity contribution is -0.139. The molecule has 0 radical (unpaired) electrons. The number of hydrogen-bond acceptors (Lipinski definition) is 7. The van der Waals surface area contributed by atoms with Crippen molar-refractivity contribution in [2.75, 3.05) is 46.6 Å². The summed E-state index contributed by atoms with van der Waals surface area (Å²) < 4.78 is 16.1. The Morgan fingerprint density at radius 1 is 1.20 bits per heavy atom. The van der Waals surface area contributed by atoms with Gasteiger partial charge in [0.05, 0.1) is 26.5 Å². The van der Waals surface area contributed by atoms with E-state index in [0.717, 1.165) is 0 Å². The molecule has 1 aliphatic heterocycles. The second kappa shape index (κ2) is 11.8. The first-order valence-corrected chi connectivity index (χ1v) is 9.68. The Morgan fingerprint density at radius 3 is 2.60 bits per heavy atom. The molecule has 2 N–H and O–H groups in total.